The highest BCUT2D eigenvalue weighted by atomic mass is 79.9. The first kappa shape index (κ1) is 14.7. The van der Waals surface area contributed by atoms with Gasteiger partial charge in [0.15, 0.2) is 0 Å². The largest absolute Gasteiger partial charge is 0.388 e. The first-order chi connectivity index (χ1) is 8.90. The van der Waals surface area contributed by atoms with Crippen molar-refractivity contribution in [2.75, 3.05) is 0 Å². The lowest BCUT2D eigenvalue weighted by Gasteiger charge is -2.13. The summed E-state index contributed by atoms with van der Waals surface area (Å²) in [7, 11) is 1.80. The zero-order valence-electron chi connectivity index (χ0n) is 10.5. The number of halogens is 3. The molecule has 0 bridgehead atoms. The Labute approximate surface area is 127 Å². The van der Waals surface area contributed by atoms with E-state index in [0.717, 1.165) is 20.3 Å². The Bertz CT molecular complexity index is 613. The van der Waals surface area contributed by atoms with E-state index in [9.17, 15) is 9.50 Å². The van der Waals surface area contributed by atoms with Gasteiger partial charge in [-0.3, -0.25) is 4.68 Å². The van der Waals surface area contributed by atoms with Crippen molar-refractivity contribution in [1.29, 1.82) is 0 Å². The molecule has 1 atom stereocenters. The number of aromatic nitrogens is 2. The van der Waals surface area contributed by atoms with Gasteiger partial charge in [0.25, 0.3) is 0 Å². The van der Waals surface area contributed by atoms with Crippen LogP contribution in [-0.2, 0) is 13.5 Å². The van der Waals surface area contributed by atoms with Crippen molar-refractivity contribution in [3.05, 3.63) is 49.9 Å². The predicted molar refractivity (Wildman–Crippen MR) is 78.4 cm³/mol. The van der Waals surface area contributed by atoms with Gasteiger partial charge in [-0.05, 0) is 41.1 Å². The topological polar surface area (TPSA) is 38.0 Å². The average molecular weight is 392 g/mol. The van der Waals surface area contributed by atoms with Crippen LogP contribution in [0.4, 0.5) is 4.39 Å². The fourth-order valence-electron chi connectivity index (χ4n) is 1.96. The average Bonchev–Trinajstić information content (AvgIpc) is 2.59. The molecule has 3 nitrogen and oxygen atoms in total. The SMILES string of the molecule is Cc1nn(C)c(CC(O)c2cc(Br)ccc2F)c1Br. The van der Waals surface area contributed by atoms with E-state index in [4.69, 9.17) is 0 Å². The fraction of sp³-hybridized carbons (Fsp3) is 0.308. The highest BCUT2D eigenvalue weighted by molar-refractivity contribution is 9.10. The molecule has 1 unspecified atom stereocenters. The molecule has 1 aromatic heterocycles. The van der Waals surface area contributed by atoms with Crippen LogP contribution in [0.15, 0.2) is 27.1 Å². The summed E-state index contributed by atoms with van der Waals surface area (Å²) < 4.78 is 17.0. The van der Waals surface area contributed by atoms with Gasteiger partial charge in [0.2, 0.25) is 0 Å². The molecule has 0 amide bonds. The Balaban J connectivity index is 2.30. The van der Waals surface area contributed by atoms with E-state index in [1.807, 2.05) is 6.92 Å². The van der Waals surface area contributed by atoms with Gasteiger partial charge in [0.05, 0.1) is 22.0 Å². The summed E-state index contributed by atoms with van der Waals surface area (Å²) in [6, 6.07) is 4.54. The molecule has 6 heteroatoms. The molecule has 0 fully saturated rings. The Morgan fingerprint density at radius 1 is 1.42 bits per heavy atom. The monoisotopic (exact) mass is 390 g/mol. The predicted octanol–water partition coefficient (Wildman–Crippen LogP) is 3.67. The second-order valence-corrected chi connectivity index (χ2v) is 6.06. The van der Waals surface area contributed by atoms with Gasteiger partial charge < -0.3 is 5.11 Å². The lowest BCUT2D eigenvalue weighted by atomic mass is 10.0. The van der Waals surface area contributed by atoms with Gasteiger partial charge in [-0.2, -0.15) is 5.10 Å². The Morgan fingerprint density at radius 2 is 2.11 bits per heavy atom. The summed E-state index contributed by atoms with van der Waals surface area (Å²) in [5, 5.41) is 14.5. The molecule has 0 aliphatic heterocycles. The van der Waals surface area contributed by atoms with Crippen molar-refractivity contribution in [3.8, 4) is 0 Å². The summed E-state index contributed by atoms with van der Waals surface area (Å²) in [5.74, 6) is -0.411. The fourth-order valence-corrected chi connectivity index (χ4v) is 2.84. The first-order valence-corrected chi connectivity index (χ1v) is 7.29. The molecular weight excluding hydrogens is 379 g/mol. The van der Waals surface area contributed by atoms with Gasteiger partial charge in [-0.1, -0.05) is 15.9 Å². The summed E-state index contributed by atoms with van der Waals surface area (Å²) >= 11 is 6.72. The van der Waals surface area contributed by atoms with Crippen molar-refractivity contribution in [2.24, 2.45) is 7.05 Å². The van der Waals surface area contributed by atoms with Crippen LogP contribution >= 0.6 is 31.9 Å². The standard InChI is InChI=1S/C13H13Br2FN2O/c1-7-13(15)11(18(2)17-7)6-12(19)9-5-8(14)3-4-10(9)16/h3-5,12,19H,6H2,1-2H3. The molecule has 1 heterocycles. The van der Waals surface area contributed by atoms with Gasteiger partial charge >= 0.3 is 0 Å². The third-order valence-electron chi connectivity index (χ3n) is 2.97. The number of nitrogens with zero attached hydrogens (tertiary/aromatic N) is 2. The zero-order chi connectivity index (χ0) is 14.2. The number of aliphatic hydroxyl groups excluding tert-OH is 1. The maximum Gasteiger partial charge on any atom is 0.129 e. The lowest BCUT2D eigenvalue weighted by Crippen LogP contribution is -2.08. The smallest absolute Gasteiger partial charge is 0.129 e. The Hall–Kier alpha value is -0.720. The number of aliphatic hydroxyl groups is 1. The third-order valence-corrected chi connectivity index (χ3v) is 4.49. The molecule has 0 aliphatic carbocycles. The van der Waals surface area contributed by atoms with E-state index < -0.39 is 11.9 Å². The van der Waals surface area contributed by atoms with Crippen LogP contribution in [0.3, 0.4) is 0 Å². The van der Waals surface area contributed by atoms with E-state index in [2.05, 4.69) is 37.0 Å². The van der Waals surface area contributed by atoms with Crippen molar-refractivity contribution in [3.63, 3.8) is 0 Å². The van der Waals surface area contributed by atoms with Crippen LogP contribution in [0, 0.1) is 12.7 Å². The zero-order valence-corrected chi connectivity index (χ0v) is 13.7. The highest BCUT2D eigenvalue weighted by Gasteiger charge is 2.19. The second kappa shape index (κ2) is 5.73. The number of hydrogen-bond acceptors (Lipinski definition) is 2. The highest BCUT2D eigenvalue weighted by Crippen LogP contribution is 2.28. The minimum Gasteiger partial charge on any atom is -0.388 e. The molecule has 0 saturated heterocycles. The van der Waals surface area contributed by atoms with Crippen LogP contribution < -0.4 is 0 Å². The molecule has 1 aromatic carbocycles. The third kappa shape index (κ3) is 3.07. The minimum absolute atomic E-state index is 0.278. The summed E-state index contributed by atoms with van der Waals surface area (Å²) in [6.45, 7) is 1.87. The second-order valence-electron chi connectivity index (χ2n) is 4.36. The van der Waals surface area contributed by atoms with Crippen molar-refractivity contribution < 1.29 is 9.50 Å². The van der Waals surface area contributed by atoms with Gasteiger partial charge in [0.1, 0.15) is 5.82 Å². The van der Waals surface area contributed by atoms with Crippen molar-refractivity contribution >= 4 is 31.9 Å². The number of rotatable bonds is 3. The number of benzene rings is 1. The number of hydrogen-bond donors (Lipinski definition) is 1. The van der Waals surface area contributed by atoms with E-state index in [0.29, 0.717) is 6.42 Å². The van der Waals surface area contributed by atoms with Gasteiger partial charge in [0, 0.05) is 23.5 Å². The normalized spacial score (nSPS) is 12.7. The molecule has 0 aliphatic rings. The molecule has 2 rings (SSSR count). The Kier molecular flexibility index (Phi) is 4.43. The summed E-state index contributed by atoms with van der Waals surface area (Å²) in [5.41, 5.74) is 1.96. The van der Waals surface area contributed by atoms with Crippen molar-refractivity contribution in [1.82, 2.24) is 9.78 Å². The first-order valence-electron chi connectivity index (χ1n) is 5.71. The van der Waals surface area contributed by atoms with Crippen LogP contribution in [0.5, 0.6) is 0 Å². The molecule has 2 aromatic rings. The molecule has 0 spiro atoms. The molecule has 102 valence electrons. The molecule has 0 radical (unpaired) electrons. The van der Waals surface area contributed by atoms with E-state index >= 15 is 0 Å². The quantitative estimate of drug-likeness (QED) is 0.866. The van der Waals surface area contributed by atoms with E-state index in [1.54, 1.807) is 23.9 Å². The van der Waals surface area contributed by atoms with Crippen LogP contribution in [0.1, 0.15) is 23.1 Å². The van der Waals surface area contributed by atoms with E-state index in [-0.39, 0.29) is 5.56 Å². The molecule has 0 saturated carbocycles. The lowest BCUT2D eigenvalue weighted by molar-refractivity contribution is 0.171. The van der Waals surface area contributed by atoms with Gasteiger partial charge in [-0.25, -0.2) is 4.39 Å². The van der Waals surface area contributed by atoms with E-state index in [1.165, 1.54) is 6.07 Å². The Morgan fingerprint density at radius 3 is 2.68 bits per heavy atom. The molecule has 19 heavy (non-hydrogen) atoms. The summed E-state index contributed by atoms with van der Waals surface area (Å²) in [6.07, 6.45) is -0.616. The van der Waals surface area contributed by atoms with Crippen molar-refractivity contribution in [2.45, 2.75) is 19.4 Å². The maximum atomic E-state index is 13.7. The van der Waals surface area contributed by atoms with Gasteiger partial charge in [-0.15, -0.1) is 0 Å². The molecular formula is C13H13Br2FN2O. The van der Waals surface area contributed by atoms with Crippen LogP contribution in [0.2, 0.25) is 0 Å². The van der Waals surface area contributed by atoms with Crippen LogP contribution in [0.25, 0.3) is 0 Å². The maximum absolute atomic E-state index is 13.7. The summed E-state index contributed by atoms with van der Waals surface area (Å²) in [4.78, 5) is 0. The number of aryl methyl sites for hydroxylation is 2. The molecule has 1 N–H and O–H groups in total. The minimum atomic E-state index is -0.913. The van der Waals surface area contributed by atoms with Crippen LogP contribution in [-0.4, -0.2) is 14.9 Å².